The van der Waals surface area contributed by atoms with E-state index in [0.29, 0.717) is 12.1 Å². The fraction of sp³-hybridized carbons (Fsp3) is 0.0952. The van der Waals surface area contributed by atoms with Gasteiger partial charge in [0.2, 0.25) is 0 Å². The molecule has 0 aliphatic rings. The summed E-state index contributed by atoms with van der Waals surface area (Å²) in [4.78, 5) is 12.5. The van der Waals surface area contributed by atoms with E-state index in [-0.39, 0.29) is 5.91 Å². The lowest BCUT2D eigenvalue weighted by Gasteiger charge is -2.12. The molecule has 1 amide bonds. The number of benzene rings is 3. The molecule has 0 fully saturated rings. The van der Waals surface area contributed by atoms with Gasteiger partial charge in [0.15, 0.2) is 0 Å². The van der Waals surface area contributed by atoms with Crippen LogP contribution >= 0.6 is 0 Å². The lowest BCUT2D eigenvalue weighted by Crippen LogP contribution is -2.23. The van der Waals surface area contributed by atoms with Crippen LogP contribution in [0.25, 0.3) is 0 Å². The van der Waals surface area contributed by atoms with Crippen molar-refractivity contribution in [2.45, 2.75) is 13.5 Å². The molecule has 0 unspecified atom stereocenters. The lowest BCUT2D eigenvalue weighted by atomic mass is 10.1. The fourth-order valence-electron chi connectivity index (χ4n) is 2.45. The summed E-state index contributed by atoms with van der Waals surface area (Å²) in [5, 5.41) is 6.28. The molecule has 0 aliphatic carbocycles. The van der Waals surface area contributed by atoms with Crippen LogP contribution in [-0.2, 0) is 6.54 Å². The summed E-state index contributed by atoms with van der Waals surface area (Å²) in [5.74, 6) is -0.0883. The highest BCUT2D eigenvalue weighted by Crippen LogP contribution is 2.20. The highest BCUT2D eigenvalue weighted by Gasteiger charge is 2.10. The first-order chi connectivity index (χ1) is 11.7. The van der Waals surface area contributed by atoms with Gasteiger partial charge in [-0.05, 0) is 36.8 Å². The molecule has 0 saturated carbocycles. The van der Waals surface area contributed by atoms with E-state index in [2.05, 4.69) is 10.6 Å². The van der Waals surface area contributed by atoms with Crippen LogP contribution in [0.2, 0.25) is 0 Å². The van der Waals surface area contributed by atoms with Crippen molar-refractivity contribution in [3.63, 3.8) is 0 Å². The Hall–Kier alpha value is -3.07. The van der Waals surface area contributed by atoms with E-state index in [4.69, 9.17) is 0 Å². The van der Waals surface area contributed by atoms with Crippen molar-refractivity contribution in [1.29, 1.82) is 0 Å². The Balaban J connectivity index is 1.71. The number of rotatable bonds is 5. The summed E-state index contributed by atoms with van der Waals surface area (Å²) in [6.07, 6.45) is 0. The molecule has 120 valence electrons. The second-order valence-electron chi connectivity index (χ2n) is 5.70. The largest absolute Gasteiger partial charge is 0.355 e. The van der Waals surface area contributed by atoms with E-state index in [0.717, 1.165) is 16.9 Å². The molecule has 0 aromatic heterocycles. The number of carbonyl (C=O) groups excluding carboxylic acids is 1. The van der Waals surface area contributed by atoms with Crippen molar-refractivity contribution in [2.24, 2.45) is 0 Å². The topological polar surface area (TPSA) is 41.1 Å². The van der Waals surface area contributed by atoms with Crippen LogP contribution in [0.15, 0.2) is 78.9 Å². The average molecular weight is 316 g/mol. The van der Waals surface area contributed by atoms with Crippen molar-refractivity contribution < 1.29 is 4.79 Å². The Kier molecular flexibility index (Phi) is 4.92. The third kappa shape index (κ3) is 4.02. The minimum absolute atomic E-state index is 0.0883. The maximum atomic E-state index is 12.5. The van der Waals surface area contributed by atoms with Gasteiger partial charge in [-0.2, -0.15) is 0 Å². The minimum atomic E-state index is -0.0883. The Bertz CT molecular complexity index is 811. The molecule has 3 rings (SSSR count). The van der Waals surface area contributed by atoms with Crippen LogP contribution < -0.4 is 10.6 Å². The number of para-hydroxylation sites is 2. The van der Waals surface area contributed by atoms with Gasteiger partial charge in [0, 0.05) is 12.2 Å². The van der Waals surface area contributed by atoms with Crippen molar-refractivity contribution >= 4 is 17.3 Å². The predicted octanol–water partition coefficient (Wildman–Crippen LogP) is 4.67. The van der Waals surface area contributed by atoms with E-state index in [1.54, 1.807) is 0 Å². The van der Waals surface area contributed by atoms with Crippen molar-refractivity contribution in [1.82, 2.24) is 5.32 Å². The molecular formula is C21H20N2O. The summed E-state index contributed by atoms with van der Waals surface area (Å²) in [6, 6.07) is 25.5. The van der Waals surface area contributed by atoms with Crippen molar-refractivity contribution in [2.75, 3.05) is 5.32 Å². The number of carbonyl (C=O) groups is 1. The highest BCUT2D eigenvalue weighted by atomic mass is 16.1. The normalized spacial score (nSPS) is 10.2. The summed E-state index contributed by atoms with van der Waals surface area (Å²) in [6.45, 7) is 2.56. The van der Waals surface area contributed by atoms with Crippen LogP contribution in [0.5, 0.6) is 0 Å². The monoisotopic (exact) mass is 316 g/mol. The quantitative estimate of drug-likeness (QED) is 0.718. The molecule has 3 nitrogen and oxygen atoms in total. The zero-order valence-corrected chi connectivity index (χ0v) is 13.6. The summed E-state index contributed by atoms with van der Waals surface area (Å²) < 4.78 is 0. The lowest BCUT2D eigenvalue weighted by molar-refractivity contribution is 0.0952. The molecule has 0 spiro atoms. The summed E-state index contributed by atoms with van der Waals surface area (Å²) >= 11 is 0. The maximum absolute atomic E-state index is 12.5. The van der Waals surface area contributed by atoms with E-state index in [9.17, 15) is 4.79 Å². The standard InChI is InChI=1S/C21H20N2O/c1-16-11-13-17(14-12-16)15-22-21(24)19-9-5-6-10-20(19)23-18-7-3-2-4-8-18/h2-14,23H,15H2,1H3,(H,22,24). The van der Waals surface area contributed by atoms with Crippen molar-refractivity contribution in [3.8, 4) is 0 Å². The van der Waals surface area contributed by atoms with Crippen LogP contribution in [0.3, 0.4) is 0 Å². The number of aryl methyl sites for hydroxylation is 1. The van der Waals surface area contributed by atoms with E-state index in [1.807, 2.05) is 85.8 Å². The Labute approximate surface area is 142 Å². The molecule has 0 atom stereocenters. The third-order valence-corrected chi connectivity index (χ3v) is 3.80. The maximum Gasteiger partial charge on any atom is 0.253 e. The third-order valence-electron chi connectivity index (χ3n) is 3.80. The number of amides is 1. The van der Waals surface area contributed by atoms with Gasteiger partial charge in [-0.3, -0.25) is 4.79 Å². The smallest absolute Gasteiger partial charge is 0.253 e. The zero-order valence-electron chi connectivity index (χ0n) is 13.6. The van der Waals surface area contributed by atoms with Crippen LogP contribution in [0.1, 0.15) is 21.5 Å². The van der Waals surface area contributed by atoms with Gasteiger partial charge in [-0.25, -0.2) is 0 Å². The first-order valence-electron chi connectivity index (χ1n) is 7.97. The van der Waals surface area contributed by atoms with Gasteiger partial charge in [-0.1, -0.05) is 60.2 Å². The first-order valence-corrected chi connectivity index (χ1v) is 7.97. The highest BCUT2D eigenvalue weighted by molar-refractivity contribution is 6.00. The first kappa shape index (κ1) is 15.8. The molecule has 3 aromatic rings. The summed E-state index contributed by atoms with van der Waals surface area (Å²) in [7, 11) is 0. The van der Waals surface area contributed by atoms with Crippen LogP contribution in [0.4, 0.5) is 11.4 Å². The SMILES string of the molecule is Cc1ccc(CNC(=O)c2ccccc2Nc2ccccc2)cc1. The molecule has 2 N–H and O–H groups in total. The van der Waals surface area contributed by atoms with Gasteiger partial charge in [0.25, 0.3) is 5.91 Å². The number of hydrogen-bond donors (Lipinski definition) is 2. The van der Waals surface area contributed by atoms with Gasteiger partial charge >= 0.3 is 0 Å². The molecule has 0 aliphatic heterocycles. The molecule has 0 saturated heterocycles. The van der Waals surface area contributed by atoms with E-state index < -0.39 is 0 Å². The molecule has 24 heavy (non-hydrogen) atoms. The predicted molar refractivity (Wildman–Crippen MR) is 98.5 cm³/mol. The van der Waals surface area contributed by atoms with Crippen molar-refractivity contribution in [3.05, 3.63) is 95.6 Å². The second-order valence-corrected chi connectivity index (χ2v) is 5.70. The van der Waals surface area contributed by atoms with Gasteiger partial charge < -0.3 is 10.6 Å². The number of anilines is 2. The molecule has 0 heterocycles. The molecular weight excluding hydrogens is 296 g/mol. The summed E-state index contributed by atoms with van der Waals surface area (Å²) in [5.41, 5.74) is 4.68. The average Bonchev–Trinajstić information content (AvgIpc) is 2.62. The van der Waals surface area contributed by atoms with Gasteiger partial charge in [0.1, 0.15) is 0 Å². The van der Waals surface area contributed by atoms with Crippen LogP contribution in [-0.4, -0.2) is 5.91 Å². The van der Waals surface area contributed by atoms with E-state index in [1.165, 1.54) is 5.56 Å². The molecule has 0 radical (unpaired) electrons. The molecule has 3 aromatic carbocycles. The van der Waals surface area contributed by atoms with Gasteiger partial charge in [0.05, 0.1) is 11.3 Å². The molecule has 0 bridgehead atoms. The molecule has 3 heteroatoms. The minimum Gasteiger partial charge on any atom is -0.355 e. The van der Waals surface area contributed by atoms with E-state index >= 15 is 0 Å². The second kappa shape index (κ2) is 7.47. The van der Waals surface area contributed by atoms with Gasteiger partial charge in [-0.15, -0.1) is 0 Å². The Morgan fingerprint density at radius 2 is 1.50 bits per heavy atom. The van der Waals surface area contributed by atoms with Crippen LogP contribution in [0, 0.1) is 6.92 Å². The zero-order chi connectivity index (χ0) is 16.8. The Morgan fingerprint density at radius 3 is 2.25 bits per heavy atom. The number of nitrogens with one attached hydrogen (secondary N) is 2. The Morgan fingerprint density at radius 1 is 0.833 bits per heavy atom. The fourth-order valence-corrected chi connectivity index (χ4v) is 2.45. The number of hydrogen-bond acceptors (Lipinski definition) is 2.